The van der Waals surface area contributed by atoms with Gasteiger partial charge in [0.05, 0.1) is 11.2 Å². The summed E-state index contributed by atoms with van der Waals surface area (Å²) in [5, 5.41) is 0. The van der Waals surface area contributed by atoms with E-state index in [1.165, 1.54) is 0 Å². The maximum atomic E-state index is 6.42. The average Bonchev–Trinajstić information content (AvgIpc) is 3.13. The number of hydrogen-bond acceptors (Lipinski definition) is 5. The molecule has 0 aliphatic carbocycles. The van der Waals surface area contributed by atoms with E-state index in [9.17, 15) is 0 Å². The summed E-state index contributed by atoms with van der Waals surface area (Å²) in [7, 11) is -0.477. The van der Waals surface area contributed by atoms with Gasteiger partial charge < -0.3 is 9.31 Å². The Morgan fingerprint density at radius 2 is 1.46 bits per heavy atom. The molecule has 5 nitrogen and oxygen atoms in total. The molecular formula is C29H32BN3O2. The first-order valence-electron chi connectivity index (χ1n) is 12.1. The third-order valence-electron chi connectivity index (χ3n) is 6.68. The maximum absolute atomic E-state index is 6.42. The zero-order chi connectivity index (χ0) is 24.9. The molecule has 1 saturated heterocycles. The Morgan fingerprint density at radius 3 is 1.94 bits per heavy atom. The summed E-state index contributed by atoms with van der Waals surface area (Å²) < 4.78 is 12.8. The van der Waals surface area contributed by atoms with Crippen LogP contribution in [0.15, 0.2) is 97.0 Å². The Hall–Kier alpha value is -3.35. The number of allylic oxidation sites excluding steroid dienone is 5. The topological polar surface area (TPSA) is 57.1 Å². The van der Waals surface area contributed by atoms with Gasteiger partial charge in [-0.3, -0.25) is 0 Å². The molecule has 1 unspecified atom stereocenters. The van der Waals surface area contributed by atoms with Crippen LogP contribution in [-0.2, 0) is 15.7 Å². The minimum atomic E-state index is -0.477. The normalized spacial score (nSPS) is 19.9. The molecule has 0 radical (unpaired) electrons. The lowest BCUT2D eigenvalue weighted by molar-refractivity contribution is -0.0118. The van der Waals surface area contributed by atoms with Crippen LogP contribution in [0, 0.1) is 0 Å². The highest BCUT2D eigenvalue weighted by molar-refractivity contribution is 6.55. The molecule has 2 heterocycles. The average molecular weight is 465 g/mol. The van der Waals surface area contributed by atoms with Gasteiger partial charge in [0.25, 0.3) is 0 Å². The summed E-state index contributed by atoms with van der Waals surface area (Å²) in [4.78, 5) is 14.3. The molecule has 0 N–H and O–H groups in total. The van der Waals surface area contributed by atoms with Crippen molar-refractivity contribution in [2.75, 3.05) is 0 Å². The first kappa shape index (κ1) is 24.8. The van der Waals surface area contributed by atoms with E-state index in [0.717, 1.165) is 23.0 Å². The molecule has 0 bridgehead atoms. The zero-order valence-electron chi connectivity index (χ0n) is 20.9. The van der Waals surface area contributed by atoms with Crippen LogP contribution in [0.2, 0.25) is 0 Å². The summed E-state index contributed by atoms with van der Waals surface area (Å²) in [5.41, 5.74) is 2.02. The first-order valence-corrected chi connectivity index (χ1v) is 12.1. The van der Waals surface area contributed by atoms with E-state index in [2.05, 4.69) is 40.3 Å². The second-order valence-corrected chi connectivity index (χ2v) is 9.30. The van der Waals surface area contributed by atoms with Gasteiger partial charge in [0.2, 0.25) is 0 Å². The fraction of sp³-hybridized carbons (Fsp3) is 0.276. The number of hydrogen-bond donors (Lipinski definition) is 0. The van der Waals surface area contributed by atoms with E-state index < -0.39 is 12.7 Å². The quantitative estimate of drug-likeness (QED) is 0.283. The van der Waals surface area contributed by atoms with Crippen molar-refractivity contribution in [3.63, 3.8) is 0 Å². The number of benzene rings is 2. The Kier molecular flexibility index (Phi) is 7.44. The second kappa shape index (κ2) is 10.5. The summed E-state index contributed by atoms with van der Waals surface area (Å²) in [6.07, 6.45) is 9.05. The van der Waals surface area contributed by atoms with E-state index in [0.29, 0.717) is 23.9 Å². The van der Waals surface area contributed by atoms with Crippen LogP contribution in [0.4, 0.5) is 0 Å². The van der Waals surface area contributed by atoms with Crippen molar-refractivity contribution < 1.29 is 9.31 Å². The van der Waals surface area contributed by atoms with Gasteiger partial charge in [-0.2, -0.15) is 0 Å². The molecule has 35 heavy (non-hydrogen) atoms. The summed E-state index contributed by atoms with van der Waals surface area (Å²) in [5.74, 6) is 1.98. The van der Waals surface area contributed by atoms with Gasteiger partial charge in [0.1, 0.15) is 5.82 Å². The second-order valence-electron chi connectivity index (χ2n) is 9.30. The maximum Gasteiger partial charge on any atom is 0.494 e. The molecule has 1 aliphatic heterocycles. The summed E-state index contributed by atoms with van der Waals surface area (Å²) >= 11 is 0. The minimum absolute atomic E-state index is 0.382. The third-order valence-corrected chi connectivity index (χ3v) is 6.68. The molecule has 1 aliphatic rings. The molecule has 1 atom stereocenters. The molecule has 3 aromatic rings. The molecule has 0 spiro atoms. The lowest BCUT2D eigenvalue weighted by atomic mass is 9.77. The van der Waals surface area contributed by atoms with Gasteiger partial charge in [-0.25, -0.2) is 15.0 Å². The van der Waals surface area contributed by atoms with Gasteiger partial charge >= 0.3 is 7.12 Å². The minimum Gasteiger partial charge on any atom is -0.399 e. The highest BCUT2D eigenvalue weighted by Crippen LogP contribution is 2.41. The van der Waals surface area contributed by atoms with E-state index in [-0.39, 0.29) is 5.60 Å². The molecular weight excluding hydrogens is 433 g/mol. The van der Waals surface area contributed by atoms with Crippen molar-refractivity contribution in [1.29, 1.82) is 0 Å². The Morgan fingerprint density at radius 1 is 0.886 bits per heavy atom. The molecule has 4 rings (SSSR count). The molecule has 0 amide bonds. The van der Waals surface area contributed by atoms with Crippen LogP contribution >= 0.6 is 0 Å². The van der Waals surface area contributed by atoms with Crippen LogP contribution in [0.25, 0.3) is 22.8 Å². The van der Waals surface area contributed by atoms with E-state index in [4.69, 9.17) is 24.3 Å². The zero-order valence-corrected chi connectivity index (χ0v) is 20.9. The van der Waals surface area contributed by atoms with E-state index in [1.54, 1.807) is 6.08 Å². The van der Waals surface area contributed by atoms with Crippen LogP contribution in [-0.4, -0.2) is 33.3 Å². The standard InChI is InChI=1S/C29H32BN3O2/c1-6-8-19-24(30-34-28(3,4)29(5,7-2)35-30)20-21-25-31-26(22-15-11-9-12-16-22)33-27(32-25)23-17-13-10-14-18-23/h6,8-20H,1,7,21H2,2-5H3/b19-8-,24-20+. The van der Waals surface area contributed by atoms with E-state index in [1.807, 2.05) is 72.8 Å². The molecule has 2 aromatic carbocycles. The molecule has 0 saturated carbocycles. The fourth-order valence-corrected chi connectivity index (χ4v) is 4.01. The van der Waals surface area contributed by atoms with Crippen LogP contribution < -0.4 is 0 Å². The van der Waals surface area contributed by atoms with Gasteiger partial charge in [-0.15, -0.1) is 0 Å². The van der Waals surface area contributed by atoms with E-state index >= 15 is 0 Å². The highest BCUT2D eigenvalue weighted by Gasteiger charge is 2.53. The Bertz CT molecular complexity index is 1170. The third kappa shape index (κ3) is 5.50. The number of nitrogens with zero attached hydrogens (tertiary/aromatic N) is 3. The van der Waals surface area contributed by atoms with Gasteiger partial charge in [0.15, 0.2) is 11.6 Å². The van der Waals surface area contributed by atoms with Crippen molar-refractivity contribution >= 4 is 7.12 Å². The molecule has 178 valence electrons. The predicted molar refractivity (Wildman–Crippen MR) is 143 cm³/mol. The summed E-state index contributed by atoms with van der Waals surface area (Å²) in [6.45, 7) is 12.2. The van der Waals surface area contributed by atoms with Crippen molar-refractivity contribution in [1.82, 2.24) is 15.0 Å². The Labute approximate surface area is 208 Å². The van der Waals surface area contributed by atoms with Gasteiger partial charge in [-0.1, -0.05) is 98.5 Å². The SMILES string of the molecule is C=C/C=C\C(=C/Cc1nc(-c2ccccc2)nc(-c2ccccc2)n1)B1OC(C)(C)C(C)(CC)O1. The van der Waals surface area contributed by atoms with Crippen molar-refractivity contribution in [3.05, 3.63) is 103 Å². The largest absolute Gasteiger partial charge is 0.494 e. The number of rotatable bonds is 8. The first-order chi connectivity index (χ1) is 16.8. The lowest BCUT2D eigenvalue weighted by Crippen LogP contribution is -2.44. The van der Waals surface area contributed by atoms with Crippen molar-refractivity contribution in [3.8, 4) is 22.8 Å². The number of aromatic nitrogens is 3. The molecule has 1 fully saturated rings. The van der Waals surface area contributed by atoms with Crippen LogP contribution in [0.3, 0.4) is 0 Å². The summed E-state index contributed by atoms with van der Waals surface area (Å²) in [6, 6.07) is 20.0. The highest BCUT2D eigenvalue weighted by atomic mass is 16.7. The van der Waals surface area contributed by atoms with Gasteiger partial charge in [0, 0.05) is 17.5 Å². The van der Waals surface area contributed by atoms with Crippen LogP contribution in [0.1, 0.15) is 39.9 Å². The smallest absolute Gasteiger partial charge is 0.399 e. The van der Waals surface area contributed by atoms with Crippen molar-refractivity contribution in [2.24, 2.45) is 0 Å². The Balaban J connectivity index is 1.71. The fourth-order valence-electron chi connectivity index (χ4n) is 4.01. The monoisotopic (exact) mass is 465 g/mol. The van der Waals surface area contributed by atoms with Gasteiger partial charge in [-0.05, 0) is 32.7 Å². The van der Waals surface area contributed by atoms with Crippen molar-refractivity contribution in [2.45, 2.75) is 51.7 Å². The molecule has 1 aromatic heterocycles. The van der Waals surface area contributed by atoms with Crippen LogP contribution in [0.5, 0.6) is 0 Å². The predicted octanol–water partition coefficient (Wildman–Crippen LogP) is 6.44. The lowest BCUT2D eigenvalue weighted by Gasteiger charge is -2.35. The molecule has 6 heteroatoms.